The predicted octanol–water partition coefficient (Wildman–Crippen LogP) is 2.30. The zero-order valence-electron chi connectivity index (χ0n) is 7.37. The maximum atomic E-state index is 5.65. The predicted molar refractivity (Wildman–Crippen MR) is 61.4 cm³/mol. The molecule has 2 N–H and O–H groups in total. The van der Waals surface area contributed by atoms with E-state index in [1.807, 2.05) is 0 Å². The van der Waals surface area contributed by atoms with Gasteiger partial charge in [0.2, 0.25) is 0 Å². The second-order valence-corrected chi connectivity index (χ2v) is 5.16. The molecule has 0 radical (unpaired) electrons. The third kappa shape index (κ3) is 1.90. The van der Waals surface area contributed by atoms with E-state index >= 15 is 0 Å². The standard InChI is InChI=1S/C9H13BrN2S/c10-8-2-4-13-9(8)12-3-1-7(5-11)6-12/h2,4,7H,1,3,5-6,11H2. The van der Waals surface area contributed by atoms with Crippen molar-refractivity contribution in [2.24, 2.45) is 11.7 Å². The molecule has 4 heteroatoms. The van der Waals surface area contributed by atoms with Gasteiger partial charge in [0, 0.05) is 13.1 Å². The Balaban J connectivity index is 2.08. The summed E-state index contributed by atoms with van der Waals surface area (Å²) >= 11 is 5.35. The fraction of sp³-hybridized carbons (Fsp3) is 0.556. The van der Waals surface area contributed by atoms with Gasteiger partial charge in [-0.3, -0.25) is 0 Å². The molecule has 1 fully saturated rings. The summed E-state index contributed by atoms with van der Waals surface area (Å²) in [6.07, 6.45) is 1.24. The summed E-state index contributed by atoms with van der Waals surface area (Å²) in [6, 6.07) is 2.11. The minimum atomic E-state index is 0.689. The van der Waals surface area contributed by atoms with Crippen LogP contribution in [0.3, 0.4) is 0 Å². The zero-order chi connectivity index (χ0) is 9.26. The molecule has 0 amide bonds. The second-order valence-electron chi connectivity index (χ2n) is 3.41. The SMILES string of the molecule is NCC1CCN(c2sccc2Br)C1. The van der Waals surface area contributed by atoms with Crippen molar-refractivity contribution in [2.45, 2.75) is 6.42 Å². The van der Waals surface area contributed by atoms with Crippen LogP contribution in [0.5, 0.6) is 0 Å². The number of anilines is 1. The second kappa shape index (κ2) is 3.98. The molecule has 0 bridgehead atoms. The molecule has 2 heterocycles. The topological polar surface area (TPSA) is 29.3 Å². The molecule has 0 saturated carbocycles. The van der Waals surface area contributed by atoms with Gasteiger partial charge < -0.3 is 10.6 Å². The molecule has 1 aromatic rings. The highest BCUT2D eigenvalue weighted by Crippen LogP contribution is 2.35. The number of hydrogen-bond donors (Lipinski definition) is 1. The van der Waals surface area contributed by atoms with Crippen molar-refractivity contribution < 1.29 is 0 Å². The summed E-state index contributed by atoms with van der Waals surface area (Å²) in [5, 5.41) is 3.48. The molecule has 72 valence electrons. The summed E-state index contributed by atoms with van der Waals surface area (Å²) < 4.78 is 1.22. The fourth-order valence-corrected chi connectivity index (χ4v) is 3.39. The van der Waals surface area contributed by atoms with Crippen LogP contribution in [0.25, 0.3) is 0 Å². The molecule has 1 aromatic heterocycles. The monoisotopic (exact) mass is 260 g/mol. The maximum absolute atomic E-state index is 5.65. The van der Waals surface area contributed by atoms with E-state index in [9.17, 15) is 0 Å². The molecule has 0 aliphatic carbocycles. The number of nitrogens with zero attached hydrogens (tertiary/aromatic N) is 1. The van der Waals surface area contributed by atoms with Crippen molar-refractivity contribution in [2.75, 3.05) is 24.5 Å². The highest BCUT2D eigenvalue weighted by molar-refractivity contribution is 9.10. The quantitative estimate of drug-likeness (QED) is 0.885. The normalized spacial score (nSPS) is 22.6. The lowest BCUT2D eigenvalue weighted by Gasteiger charge is -2.16. The van der Waals surface area contributed by atoms with Crippen LogP contribution < -0.4 is 10.6 Å². The van der Waals surface area contributed by atoms with Crippen LogP contribution in [-0.2, 0) is 0 Å². The molecule has 13 heavy (non-hydrogen) atoms. The lowest BCUT2D eigenvalue weighted by atomic mass is 10.1. The highest BCUT2D eigenvalue weighted by Gasteiger charge is 2.23. The average molecular weight is 261 g/mol. The third-order valence-electron chi connectivity index (χ3n) is 2.50. The van der Waals surface area contributed by atoms with Crippen molar-refractivity contribution >= 4 is 32.3 Å². The Morgan fingerprint density at radius 2 is 2.54 bits per heavy atom. The fourth-order valence-electron chi connectivity index (χ4n) is 1.72. The van der Waals surface area contributed by atoms with Crippen molar-refractivity contribution in [3.8, 4) is 0 Å². The van der Waals surface area contributed by atoms with Crippen LogP contribution >= 0.6 is 27.3 Å². The van der Waals surface area contributed by atoms with Gasteiger partial charge in [-0.15, -0.1) is 11.3 Å². The number of halogens is 1. The Kier molecular flexibility index (Phi) is 2.91. The molecule has 1 aliphatic heterocycles. The summed E-state index contributed by atoms with van der Waals surface area (Å²) in [6.45, 7) is 3.09. The molecule has 0 aromatic carbocycles. The van der Waals surface area contributed by atoms with Gasteiger partial charge in [0.15, 0.2) is 0 Å². The molecule has 1 saturated heterocycles. The Labute approximate surface area is 90.9 Å². The highest BCUT2D eigenvalue weighted by atomic mass is 79.9. The maximum Gasteiger partial charge on any atom is 0.105 e. The summed E-state index contributed by atoms with van der Waals surface area (Å²) in [7, 11) is 0. The molecule has 2 nitrogen and oxygen atoms in total. The van der Waals surface area contributed by atoms with Gasteiger partial charge in [-0.05, 0) is 46.3 Å². The molecule has 2 rings (SSSR count). The van der Waals surface area contributed by atoms with Crippen LogP contribution in [0.1, 0.15) is 6.42 Å². The Hall–Kier alpha value is -0.0600. The molecule has 1 aliphatic rings. The van der Waals surface area contributed by atoms with Gasteiger partial charge in [-0.25, -0.2) is 0 Å². The van der Waals surface area contributed by atoms with E-state index in [0.29, 0.717) is 5.92 Å². The van der Waals surface area contributed by atoms with Crippen LogP contribution in [0.15, 0.2) is 15.9 Å². The van der Waals surface area contributed by atoms with Crippen LogP contribution in [-0.4, -0.2) is 19.6 Å². The van der Waals surface area contributed by atoms with Crippen LogP contribution in [0.4, 0.5) is 5.00 Å². The first-order valence-electron chi connectivity index (χ1n) is 4.49. The first kappa shape index (κ1) is 9.49. The smallest absolute Gasteiger partial charge is 0.105 e. The Morgan fingerprint density at radius 3 is 3.08 bits per heavy atom. The summed E-state index contributed by atoms with van der Waals surface area (Å²) in [5.74, 6) is 0.689. The van der Waals surface area contributed by atoms with E-state index in [1.165, 1.54) is 15.9 Å². The van der Waals surface area contributed by atoms with Gasteiger partial charge in [0.05, 0.1) is 4.47 Å². The van der Waals surface area contributed by atoms with Crippen molar-refractivity contribution in [1.82, 2.24) is 0 Å². The largest absolute Gasteiger partial charge is 0.362 e. The molecule has 1 unspecified atom stereocenters. The van der Waals surface area contributed by atoms with E-state index in [-0.39, 0.29) is 0 Å². The first-order chi connectivity index (χ1) is 6.31. The van der Waals surface area contributed by atoms with Gasteiger partial charge in [0.1, 0.15) is 5.00 Å². The molecule has 1 atom stereocenters. The van der Waals surface area contributed by atoms with Crippen LogP contribution in [0.2, 0.25) is 0 Å². The minimum Gasteiger partial charge on any atom is -0.362 e. The molecular weight excluding hydrogens is 248 g/mol. The van der Waals surface area contributed by atoms with E-state index < -0.39 is 0 Å². The number of hydrogen-bond acceptors (Lipinski definition) is 3. The van der Waals surface area contributed by atoms with E-state index in [1.54, 1.807) is 11.3 Å². The Bertz CT molecular complexity index is 287. The van der Waals surface area contributed by atoms with Crippen molar-refractivity contribution in [1.29, 1.82) is 0 Å². The first-order valence-corrected chi connectivity index (χ1v) is 6.16. The average Bonchev–Trinajstić information content (AvgIpc) is 2.71. The van der Waals surface area contributed by atoms with Gasteiger partial charge in [-0.2, -0.15) is 0 Å². The van der Waals surface area contributed by atoms with Gasteiger partial charge in [-0.1, -0.05) is 0 Å². The minimum absolute atomic E-state index is 0.689. The number of thiophene rings is 1. The van der Waals surface area contributed by atoms with E-state index in [2.05, 4.69) is 32.3 Å². The lowest BCUT2D eigenvalue weighted by molar-refractivity contribution is 0.603. The van der Waals surface area contributed by atoms with Gasteiger partial charge >= 0.3 is 0 Å². The molecule has 0 spiro atoms. The summed E-state index contributed by atoms with van der Waals surface area (Å²) in [5.41, 5.74) is 5.65. The van der Waals surface area contributed by atoms with Crippen LogP contribution in [0, 0.1) is 5.92 Å². The zero-order valence-corrected chi connectivity index (χ0v) is 9.77. The Morgan fingerprint density at radius 1 is 1.69 bits per heavy atom. The summed E-state index contributed by atoms with van der Waals surface area (Å²) in [4.78, 5) is 2.42. The van der Waals surface area contributed by atoms with Gasteiger partial charge in [0.25, 0.3) is 0 Å². The number of rotatable bonds is 2. The number of nitrogens with two attached hydrogens (primary N) is 1. The van der Waals surface area contributed by atoms with Crippen molar-refractivity contribution in [3.63, 3.8) is 0 Å². The van der Waals surface area contributed by atoms with E-state index in [4.69, 9.17) is 5.73 Å². The van der Waals surface area contributed by atoms with E-state index in [0.717, 1.165) is 19.6 Å². The molecular formula is C9H13BrN2S. The lowest BCUT2D eigenvalue weighted by Crippen LogP contribution is -2.21. The third-order valence-corrected chi connectivity index (χ3v) is 4.38. The van der Waals surface area contributed by atoms with Crippen molar-refractivity contribution in [3.05, 3.63) is 15.9 Å².